The van der Waals surface area contributed by atoms with Crippen LogP contribution in [-0.2, 0) is 0 Å². The van der Waals surface area contributed by atoms with E-state index in [1.807, 2.05) is 0 Å². The molecule has 0 aromatic rings. The van der Waals surface area contributed by atoms with E-state index in [9.17, 15) is 10.4 Å². The first-order valence-corrected chi connectivity index (χ1v) is 8.72. The molecular weight excluding hydrogens is 302 g/mol. The molecule has 1 heterocycles. The van der Waals surface area contributed by atoms with Gasteiger partial charge in [-0.1, -0.05) is 44.9 Å². The Labute approximate surface area is 144 Å². The molecule has 0 saturated heterocycles. The molecule has 1 unspecified atom stereocenters. The molecule has 5 heteroatoms. The lowest BCUT2D eigenvalue weighted by molar-refractivity contribution is 0.262. The van der Waals surface area contributed by atoms with Gasteiger partial charge in [0, 0.05) is 35.5 Å². The fraction of sp³-hybridized carbons (Fsp3) is 0.684. The molecule has 0 saturated carbocycles. The average molecular weight is 331 g/mol. The Morgan fingerprint density at radius 3 is 1.54 bits per heavy atom. The largest absolute Gasteiger partial charge is 0.411 e. The molecule has 0 aromatic heterocycles. The Balaban J connectivity index is 2.17. The summed E-state index contributed by atoms with van der Waals surface area (Å²) in [5.41, 5.74) is 6.41. The van der Waals surface area contributed by atoms with Gasteiger partial charge in [0.05, 0.1) is 11.4 Å². The van der Waals surface area contributed by atoms with Gasteiger partial charge in [0.1, 0.15) is 0 Å². The molecule has 0 spiro atoms. The molecule has 5 nitrogen and oxygen atoms in total. The Bertz CT molecular complexity index is 637. The fourth-order valence-electron chi connectivity index (χ4n) is 4.74. The van der Waals surface area contributed by atoms with Gasteiger partial charge in [0.25, 0.3) is 0 Å². The molecule has 2 N–H and O–H groups in total. The van der Waals surface area contributed by atoms with Crippen molar-refractivity contribution >= 4 is 11.4 Å². The van der Waals surface area contributed by atoms with Gasteiger partial charge in [-0.2, -0.15) is 0 Å². The Morgan fingerprint density at radius 2 is 1.21 bits per heavy atom. The van der Waals surface area contributed by atoms with Crippen LogP contribution in [0.3, 0.4) is 0 Å². The maximum Gasteiger partial charge on any atom is 0.0856 e. The highest BCUT2D eigenvalue weighted by Gasteiger charge is 2.45. The van der Waals surface area contributed by atoms with Crippen LogP contribution in [-0.4, -0.2) is 33.8 Å². The van der Waals surface area contributed by atoms with E-state index in [2.05, 4.69) is 56.9 Å². The van der Waals surface area contributed by atoms with Crippen molar-refractivity contribution in [3.05, 3.63) is 22.5 Å². The van der Waals surface area contributed by atoms with E-state index in [-0.39, 0.29) is 16.7 Å². The van der Waals surface area contributed by atoms with E-state index in [1.165, 1.54) is 11.4 Å². The van der Waals surface area contributed by atoms with Gasteiger partial charge in [-0.05, 0) is 36.5 Å². The molecule has 0 amide bonds. The third-order valence-electron chi connectivity index (χ3n) is 5.74. The molecule has 3 rings (SSSR count). The van der Waals surface area contributed by atoms with Crippen molar-refractivity contribution in [1.82, 2.24) is 4.90 Å². The summed E-state index contributed by atoms with van der Waals surface area (Å²) in [7, 11) is 2.10. The standard InChI is InChI=1S/C19H29N3O2/c1-11-16-12(20-23)7-18(2,3)9-14(16)22(6)15-10-19(4,5)8-13(21-24)17(11)15/h11,23-24H,7-10H2,1-6H3/b20-12-,21-13+. The Hall–Kier alpha value is -1.78. The zero-order valence-corrected chi connectivity index (χ0v) is 15.6. The van der Waals surface area contributed by atoms with Gasteiger partial charge < -0.3 is 15.3 Å². The van der Waals surface area contributed by atoms with Gasteiger partial charge in [-0.15, -0.1) is 0 Å². The van der Waals surface area contributed by atoms with Crippen molar-refractivity contribution in [1.29, 1.82) is 0 Å². The van der Waals surface area contributed by atoms with Crippen LogP contribution in [0.1, 0.15) is 60.3 Å². The molecule has 24 heavy (non-hydrogen) atoms. The second-order valence-electron chi connectivity index (χ2n) is 9.13. The van der Waals surface area contributed by atoms with Crippen LogP contribution in [0.25, 0.3) is 0 Å². The third-order valence-corrected chi connectivity index (χ3v) is 5.74. The Morgan fingerprint density at radius 1 is 0.833 bits per heavy atom. The number of hydrogen-bond donors (Lipinski definition) is 2. The van der Waals surface area contributed by atoms with Crippen molar-refractivity contribution in [2.45, 2.75) is 60.3 Å². The number of oxime groups is 2. The number of nitrogens with zero attached hydrogens (tertiary/aromatic N) is 3. The van der Waals surface area contributed by atoms with Crippen LogP contribution >= 0.6 is 0 Å². The Kier molecular flexibility index (Phi) is 3.81. The zero-order chi connectivity index (χ0) is 17.9. The highest BCUT2D eigenvalue weighted by Crippen LogP contribution is 2.51. The van der Waals surface area contributed by atoms with Crippen molar-refractivity contribution < 1.29 is 10.4 Å². The molecule has 1 aliphatic heterocycles. The number of hydrogen-bond acceptors (Lipinski definition) is 5. The normalized spacial score (nSPS) is 32.2. The van der Waals surface area contributed by atoms with E-state index in [4.69, 9.17) is 0 Å². The second kappa shape index (κ2) is 5.36. The summed E-state index contributed by atoms with van der Waals surface area (Å²) in [6.07, 6.45) is 3.45. The summed E-state index contributed by atoms with van der Waals surface area (Å²) < 4.78 is 0. The number of rotatable bonds is 0. The summed E-state index contributed by atoms with van der Waals surface area (Å²) in [6, 6.07) is 0. The molecule has 1 atom stereocenters. The number of allylic oxidation sites excluding steroid dienone is 4. The summed E-state index contributed by atoms with van der Waals surface area (Å²) in [5.74, 6) is 0.0928. The molecule has 0 fully saturated rings. The SMILES string of the molecule is CC1C2=C(CC(C)(C)C/C2=N/O)N(C)C2=C1/C(=N/O)CC(C)(C)C2. The maximum atomic E-state index is 9.61. The van der Waals surface area contributed by atoms with Crippen LogP contribution in [0.5, 0.6) is 0 Å². The van der Waals surface area contributed by atoms with Crippen molar-refractivity contribution in [2.24, 2.45) is 27.1 Å². The van der Waals surface area contributed by atoms with E-state index in [0.29, 0.717) is 0 Å². The second-order valence-corrected chi connectivity index (χ2v) is 9.13. The molecular formula is C19H29N3O2. The fourth-order valence-corrected chi connectivity index (χ4v) is 4.74. The van der Waals surface area contributed by atoms with Crippen LogP contribution in [0.4, 0.5) is 0 Å². The van der Waals surface area contributed by atoms with E-state index in [1.54, 1.807) is 0 Å². The quantitative estimate of drug-likeness (QED) is 0.511. The highest BCUT2D eigenvalue weighted by atomic mass is 16.4. The van der Waals surface area contributed by atoms with Gasteiger partial charge in [-0.25, -0.2) is 0 Å². The van der Waals surface area contributed by atoms with Gasteiger partial charge in [0.15, 0.2) is 0 Å². The van der Waals surface area contributed by atoms with Gasteiger partial charge >= 0.3 is 0 Å². The topological polar surface area (TPSA) is 68.4 Å². The van der Waals surface area contributed by atoms with E-state index < -0.39 is 0 Å². The smallest absolute Gasteiger partial charge is 0.0856 e. The summed E-state index contributed by atoms with van der Waals surface area (Å²) in [6.45, 7) is 11.0. The summed E-state index contributed by atoms with van der Waals surface area (Å²) >= 11 is 0. The zero-order valence-electron chi connectivity index (χ0n) is 15.6. The molecule has 2 aliphatic carbocycles. The first-order valence-electron chi connectivity index (χ1n) is 8.72. The van der Waals surface area contributed by atoms with Crippen molar-refractivity contribution in [3.63, 3.8) is 0 Å². The van der Waals surface area contributed by atoms with E-state index in [0.717, 1.165) is 48.3 Å². The van der Waals surface area contributed by atoms with Crippen molar-refractivity contribution in [3.8, 4) is 0 Å². The minimum absolute atomic E-state index is 0.0739. The van der Waals surface area contributed by atoms with Crippen LogP contribution < -0.4 is 0 Å². The lowest BCUT2D eigenvalue weighted by Gasteiger charge is -2.48. The minimum Gasteiger partial charge on any atom is -0.411 e. The van der Waals surface area contributed by atoms with Crippen LogP contribution in [0.15, 0.2) is 32.9 Å². The maximum absolute atomic E-state index is 9.61. The minimum atomic E-state index is 0.0739. The summed E-state index contributed by atoms with van der Waals surface area (Å²) in [4.78, 5) is 2.27. The lowest BCUT2D eigenvalue weighted by atomic mass is 9.65. The molecule has 132 valence electrons. The van der Waals surface area contributed by atoms with Crippen molar-refractivity contribution in [2.75, 3.05) is 7.05 Å². The predicted molar refractivity (Wildman–Crippen MR) is 95.5 cm³/mol. The molecule has 0 aromatic carbocycles. The summed E-state index contributed by atoms with van der Waals surface area (Å²) in [5, 5.41) is 26.5. The van der Waals surface area contributed by atoms with Crippen LogP contribution in [0, 0.1) is 16.7 Å². The molecule has 0 radical (unpaired) electrons. The lowest BCUT2D eigenvalue weighted by Crippen LogP contribution is -2.43. The molecule has 3 aliphatic rings. The molecule has 0 bridgehead atoms. The predicted octanol–water partition coefficient (Wildman–Crippen LogP) is 4.38. The first-order chi connectivity index (χ1) is 11.1. The van der Waals surface area contributed by atoms with E-state index >= 15 is 0 Å². The third kappa shape index (κ3) is 2.54. The van der Waals surface area contributed by atoms with Crippen LogP contribution in [0.2, 0.25) is 0 Å². The highest BCUT2D eigenvalue weighted by molar-refractivity contribution is 6.08. The average Bonchev–Trinajstić information content (AvgIpc) is 2.49. The van der Waals surface area contributed by atoms with Gasteiger partial charge in [0.2, 0.25) is 0 Å². The van der Waals surface area contributed by atoms with Gasteiger partial charge in [-0.3, -0.25) is 0 Å². The first kappa shape index (κ1) is 17.1. The monoisotopic (exact) mass is 331 g/mol.